The number of nitrogens with one attached hydrogen (secondary N) is 1. The van der Waals surface area contributed by atoms with Gasteiger partial charge < -0.3 is 9.73 Å². The molecule has 0 bridgehead atoms. The molecule has 1 N–H and O–H groups in total. The summed E-state index contributed by atoms with van der Waals surface area (Å²) < 4.78 is 5.64. The second-order valence-electron chi connectivity index (χ2n) is 4.42. The van der Waals surface area contributed by atoms with Gasteiger partial charge in [-0.05, 0) is 31.2 Å². The van der Waals surface area contributed by atoms with Crippen LogP contribution in [0.5, 0.6) is 0 Å². The summed E-state index contributed by atoms with van der Waals surface area (Å²) in [5.74, 6) is 0.628. The molecule has 0 atom stereocenters. The molecule has 3 nitrogen and oxygen atoms in total. The fourth-order valence-corrected chi connectivity index (χ4v) is 2.09. The Hall–Kier alpha value is -2.00. The van der Waals surface area contributed by atoms with E-state index in [0.717, 1.165) is 11.2 Å². The van der Waals surface area contributed by atoms with Crippen molar-refractivity contribution >= 4 is 28.4 Å². The molecular weight excluding hydrogens is 260 g/mol. The fraction of sp³-hybridized carbons (Fsp3) is 0.133. The number of benzene rings is 2. The van der Waals surface area contributed by atoms with Gasteiger partial charge in [-0.15, -0.1) is 0 Å². The molecule has 0 aliphatic rings. The minimum atomic E-state index is 0.536. The van der Waals surface area contributed by atoms with Crippen molar-refractivity contribution in [3.63, 3.8) is 0 Å². The highest BCUT2D eigenvalue weighted by Crippen LogP contribution is 2.24. The standard InChI is InChI=1S/C15H13ClN2O/c1-10-5-7-11(8-6-10)17-9-14-18-13-4-2-3-12(16)15(13)19-14/h2-8,17H,9H2,1H3. The topological polar surface area (TPSA) is 38.1 Å². The van der Waals surface area contributed by atoms with Gasteiger partial charge in [0.1, 0.15) is 5.52 Å². The van der Waals surface area contributed by atoms with Gasteiger partial charge in [-0.25, -0.2) is 4.98 Å². The van der Waals surface area contributed by atoms with E-state index in [2.05, 4.69) is 29.4 Å². The minimum Gasteiger partial charge on any atom is -0.437 e. The van der Waals surface area contributed by atoms with Crippen molar-refractivity contribution in [2.24, 2.45) is 0 Å². The van der Waals surface area contributed by atoms with Gasteiger partial charge in [0.05, 0.1) is 11.6 Å². The zero-order valence-electron chi connectivity index (χ0n) is 10.5. The third-order valence-electron chi connectivity index (χ3n) is 2.91. The number of hydrogen-bond donors (Lipinski definition) is 1. The molecule has 0 aliphatic heterocycles. The van der Waals surface area contributed by atoms with E-state index in [1.165, 1.54) is 5.56 Å². The Kier molecular flexibility index (Phi) is 3.13. The molecule has 3 rings (SSSR count). The van der Waals surface area contributed by atoms with Crippen molar-refractivity contribution in [1.82, 2.24) is 4.98 Å². The predicted octanol–water partition coefficient (Wildman–Crippen LogP) is 4.40. The first-order chi connectivity index (χ1) is 9.22. The summed E-state index contributed by atoms with van der Waals surface area (Å²) in [6.45, 7) is 2.60. The summed E-state index contributed by atoms with van der Waals surface area (Å²) in [6, 6.07) is 13.7. The second-order valence-corrected chi connectivity index (χ2v) is 4.82. The summed E-state index contributed by atoms with van der Waals surface area (Å²) in [6.07, 6.45) is 0. The smallest absolute Gasteiger partial charge is 0.214 e. The van der Waals surface area contributed by atoms with Crippen LogP contribution in [0.4, 0.5) is 5.69 Å². The van der Waals surface area contributed by atoms with Crippen LogP contribution >= 0.6 is 11.6 Å². The summed E-state index contributed by atoms with van der Waals surface area (Å²) in [7, 11) is 0. The number of rotatable bonds is 3. The normalized spacial score (nSPS) is 10.8. The number of anilines is 1. The molecule has 0 unspecified atom stereocenters. The zero-order valence-corrected chi connectivity index (χ0v) is 11.2. The van der Waals surface area contributed by atoms with Crippen LogP contribution < -0.4 is 5.32 Å². The summed E-state index contributed by atoms with van der Waals surface area (Å²) >= 11 is 6.05. The molecule has 0 fully saturated rings. The van der Waals surface area contributed by atoms with Gasteiger partial charge in [0.15, 0.2) is 5.58 Å². The molecule has 0 saturated carbocycles. The lowest BCUT2D eigenvalue weighted by Gasteiger charge is -2.03. The number of oxazole rings is 1. The van der Waals surface area contributed by atoms with Gasteiger partial charge in [-0.1, -0.05) is 35.4 Å². The molecule has 1 aromatic heterocycles. The van der Waals surface area contributed by atoms with Crippen LogP contribution in [0.2, 0.25) is 5.02 Å². The molecule has 19 heavy (non-hydrogen) atoms. The maximum atomic E-state index is 6.05. The van der Waals surface area contributed by atoms with E-state index in [0.29, 0.717) is 23.0 Å². The van der Waals surface area contributed by atoms with Crippen LogP contribution in [0.15, 0.2) is 46.9 Å². The molecule has 0 aliphatic carbocycles. The fourth-order valence-electron chi connectivity index (χ4n) is 1.89. The molecule has 0 spiro atoms. The van der Waals surface area contributed by atoms with Crippen molar-refractivity contribution in [1.29, 1.82) is 0 Å². The molecular formula is C15H13ClN2O. The first-order valence-corrected chi connectivity index (χ1v) is 6.44. The van der Waals surface area contributed by atoms with E-state index >= 15 is 0 Å². The Morgan fingerprint density at radius 3 is 2.68 bits per heavy atom. The Balaban J connectivity index is 1.78. The number of para-hydroxylation sites is 1. The SMILES string of the molecule is Cc1ccc(NCc2nc3cccc(Cl)c3o2)cc1. The van der Waals surface area contributed by atoms with Crippen LogP contribution in [0.25, 0.3) is 11.1 Å². The second kappa shape index (κ2) is 4.94. The third kappa shape index (κ3) is 2.56. The molecule has 2 aromatic carbocycles. The van der Waals surface area contributed by atoms with Crippen LogP contribution in [0.3, 0.4) is 0 Å². The van der Waals surface area contributed by atoms with E-state index in [9.17, 15) is 0 Å². The highest BCUT2D eigenvalue weighted by atomic mass is 35.5. The highest BCUT2D eigenvalue weighted by molar-refractivity contribution is 6.34. The van der Waals surface area contributed by atoms with Crippen molar-refractivity contribution < 1.29 is 4.42 Å². The Morgan fingerprint density at radius 1 is 1.16 bits per heavy atom. The quantitative estimate of drug-likeness (QED) is 0.768. The zero-order chi connectivity index (χ0) is 13.2. The van der Waals surface area contributed by atoms with Crippen molar-refractivity contribution in [2.75, 3.05) is 5.32 Å². The van der Waals surface area contributed by atoms with E-state index in [-0.39, 0.29) is 0 Å². The van der Waals surface area contributed by atoms with Gasteiger partial charge in [0.2, 0.25) is 5.89 Å². The Labute approximate surface area is 116 Å². The molecule has 0 saturated heterocycles. The molecule has 0 amide bonds. The molecule has 1 heterocycles. The maximum absolute atomic E-state index is 6.05. The molecule has 4 heteroatoms. The average Bonchev–Trinajstić information content (AvgIpc) is 2.83. The Morgan fingerprint density at radius 2 is 1.95 bits per heavy atom. The Bertz CT molecular complexity index is 704. The summed E-state index contributed by atoms with van der Waals surface area (Å²) in [5.41, 5.74) is 3.70. The van der Waals surface area contributed by atoms with Crippen LogP contribution in [-0.2, 0) is 6.54 Å². The van der Waals surface area contributed by atoms with Gasteiger partial charge >= 0.3 is 0 Å². The van der Waals surface area contributed by atoms with Gasteiger partial charge in [-0.3, -0.25) is 0 Å². The monoisotopic (exact) mass is 272 g/mol. The van der Waals surface area contributed by atoms with Crippen molar-refractivity contribution in [3.8, 4) is 0 Å². The van der Waals surface area contributed by atoms with Crippen LogP contribution in [0.1, 0.15) is 11.5 Å². The number of aryl methyl sites for hydroxylation is 1. The number of fused-ring (bicyclic) bond motifs is 1. The highest BCUT2D eigenvalue weighted by Gasteiger charge is 2.08. The number of hydrogen-bond acceptors (Lipinski definition) is 3. The first kappa shape index (κ1) is 12.1. The van der Waals surface area contributed by atoms with E-state index in [1.807, 2.05) is 24.3 Å². The summed E-state index contributed by atoms with van der Waals surface area (Å²) in [5, 5.41) is 3.86. The molecule has 3 aromatic rings. The average molecular weight is 273 g/mol. The molecule has 96 valence electrons. The first-order valence-electron chi connectivity index (χ1n) is 6.07. The van der Waals surface area contributed by atoms with E-state index in [1.54, 1.807) is 6.07 Å². The lowest BCUT2D eigenvalue weighted by atomic mass is 10.2. The van der Waals surface area contributed by atoms with Crippen molar-refractivity contribution in [2.45, 2.75) is 13.5 Å². The third-order valence-corrected chi connectivity index (χ3v) is 3.20. The predicted molar refractivity (Wildman–Crippen MR) is 77.5 cm³/mol. The van der Waals surface area contributed by atoms with E-state index in [4.69, 9.17) is 16.0 Å². The van der Waals surface area contributed by atoms with E-state index < -0.39 is 0 Å². The summed E-state index contributed by atoms with van der Waals surface area (Å²) in [4.78, 5) is 4.39. The lowest BCUT2D eigenvalue weighted by Crippen LogP contribution is -1.99. The van der Waals surface area contributed by atoms with Crippen LogP contribution in [0, 0.1) is 6.92 Å². The van der Waals surface area contributed by atoms with Crippen LogP contribution in [-0.4, -0.2) is 4.98 Å². The largest absolute Gasteiger partial charge is 0.437 e. The lowest BCUT2D eigenvalue weighted by molar-refractivity contribution is 0.540. The molecule has 0 radical (unpaired) electrons. The van der Waals surface area contributed by atoms with Gasteiger partial charge in [0, 0.05) is 5.69 Å². The van der Waals surface area contributed by atoms with Crippen molar-refractivity contribution in [3.05, 3.63) is 58.9 Å². The number of aromatic nitrogens is 1. The van der Waals surface area contributed by atoms with Gasteiger partial charge in [0.25, 0.3) is 0 Å². The van der Waals surface area contributed by atoms with Gasteiger partial charge in [-0.2, -0.15) is 0 Å². The number of nitrogens with zero attached hydrogens (tertiary/aromatic N) is 1. The maximum Gasteiger partial charge on any atom is 0.214 e. The number of halogens is 1. The minimum absolute atomic E-state index is 0.536.